The zero-order valence-electron chi connectivity index (χ0n) is 17.5. The van der Waals surface area contributed by atoms with Crippen LogP contribution >= 0.6 is 0 Å². The second-order valence-electron chi connectivity index (χ2n) is 7.60. The molecule has 3 rings (SSSR count). The maximum atomic E-state index is 12.9. The minimum atomic E-state index is -0.397. The monoisotopic (exact) mass is 396 g/mol. The molecule has 156 valence electrons. The van der Waals surface area contributed by atoms with Gasteiger partial charge in [0.05, 0.1) is 18.8 Å². The molecule has 0 unspecified atom stereocenters. The largest absolute Gasteiger partial charge is 0.449 e. The Kier molecular flexibility index (Phi) is 7.67. The zero-order valence-corrected chi connectivity index (χ0v) is 17.5. The first-order valence-electron chi connectivity index (χ1n) is 10.5. The first kappa shape index (κ1) is 21.3. The Hall–Kier alpha value is -2.37. The molecule has 0 radical (unpaired) electrons. The third kappa shape index (κ3) is 5.37. The number of ether oxygens (including phenoxy) is 2. The van der Waals surface area contributed by atoms with Gasteiger partial charge in [-0.3, -0.25) is 4.90 Å². The number of hydrogen-bond donors (Lipinski definition) is 0. The Morgan fingerprint density at radius 2 is 1.66 bits per heavy atom. The Morgan fingerprint density at radius 1 is 1.03 bits per heavy atom. The molecule has 0 aliphatic carbocycles. The van der Waals surface area contributed by atoms with Crippen molar-refractivity contribution in [3.05, 3.63) is 66.2 Å². The number of methoxy groups -OCH3 is 1. The molecule has 5 heteroatoms. The highest BCUT2D eigenvalue weighted by molar-refractivity contribution is 5.89. The molecular formula is C24H32N2O3. The number of amides is 1. The van der Waals surface area contributed by atoms with Crippen molar-refractivity contribution in [1.29, 1.82) is 0 Å². The maximum Gasteiger partial charge on any atom is 0.414 e. The molecule has 29 heavy (non-hydrogen) atoms. The molecule has 0 spiro atoms. The predicted molar refractivity (Wildman–Crippen MR) is 116 cm³/mol. The van der Waals surface area contributed by atoms with Gasteiger partial charge < -0.3 is 14.4 Å². The second kappa shape index (κ2) is 10.4. The van der Waals surface area contributed by atoms with E-state index in [9.17, 15) is 4.79 Å². The van der Waals surface area contributed by atoms with Gasteiger partial charge in [0.15, 0.2) is 0 Å². The first-order valence-corrected chi connectivity index (χ1v) is 10.5. The highest BCUT2D eigenvalue weighted by Crippen LogP contribution is 2.34. The highest BCUT2D eigenvalue weighted by Gasteiger charge is 2.44. The number of rotatable bonds is 8. The number of likely N-dealkylation sites (tertiary alicyclic amines) is 1. The molecule has 2 aromatic rings. The number of anilines is 1. The lowest BCUT2D eigenvalue weighted by molar-refractivity contribution is 0.0660. The van der Waals surface area contributed by atoms with Gasteiger partial charge in [-0.2, -0.15) is 0 Å². The van der Waals surface area contributed by atoms with E-state index in [1.54, 1.807) is 7.11 Å². The van der Waals surface area contributed by atoms with Crippen LogP contribution in [0.4, 0.5) is 10.5 Å². The van der Waals surface area contributed by atoms with Crippen molar-refractivity contribution in [2.24, 2.45) is 0 Å². The fraction of sp³-hybridized carbons (Fsp3) is 0.458. The van der Waals surface area contributed by atoms with Crippen molar-refractivity contribution in [3.63, 3.8) is 0 Å². The molecule has 1 aliphatic heterocycles. The first-order chi connectivity index (χ1) is 14.2. The summed E-state index contributed by atoms with van der Waals surface area (Å²) in [6, 6.07) is 20.4. The van der Waals surface area contributed by atoms with Crippen LogP contribution in [0.3, 0.4) is 0 Å². The molecule has 1 amide bonds. The predicted octanol–water partition coefficient (Wildman–Crippen LogP) is 4.37. The topological polar surface area (TPSA) is 42.0 Å². The van der Waals surface area contributed by atoms with Crippen molar-refractivity contribution >= 4 is 11.8 Å². The molecule has 1 fully saturated rings. The molecule has 2 aromatic carbocycles. The average Bonchev–Trinajstić information content (AvgIpc) is 2.75. The van der Waals surface area contributed by atoms with Crippen LogP contribution in [0.5, 0.6) is 0 Å². The molecule has 0 atom stereocenters. The van der Waals surface area contributed by atoms with Gasteiger partial charge in [-0.15, -0.1) is 0 Å². The number of para-hydroxylation sites is 1. The van der Waals surface area contributed by atoms with Crippen molar-refractivity contribution < 1.29 is 14.3 Å². The zero-order chi connectivity index (χ0) is 20.5. The van der Waals surface area contributed by atoms with E-state index >= 15 is 0 Å². The number of piperidine rings is 1. The summed E-state index contributed by atoms with van der Waals surface area (Å²) in [6.45, 7) is 5.58. The van der Waals surface area contributed by atoms with Gasteiger partial charge in [0.25, 0.3) is 0 Å². The SMILES string of the molecule is CCOC(=O)N(c1ccccc1)C1(COC)CCN(CCc2ccccc2)CC1. The molecule has 0 bridgehead atoms. The average molecular weight is 397 g/mol. The molecule has 0 saturated carbocycles. The lowest BCUT2D eigenvalue weighted by Gasteiger charge is -2.47. The van der Waals surface area contributed by atoms with E-state index in [2.05, 4.69) is 35.2 Å². The Labute approximate surface area is 174 Å². The lowest BCUT2D eigenvalue weighted by Crippen LogP contribution is -2.60. The quantitative estimate of drug-likeness (QED) is 0.664. The van der Waals surface area contributed by atoms with Gasteiger partial charge in [-0.1, -0.05) is 48.5 Å². The van der Waals surface area contributed by atoms with E-state index in [0.717, 1.165) is 44.6 Å². The van der Waals surface area contributed by atoms with Crippen molar-refractivity contribution in [2.45, 2.75) is 31.7 Å². The highest BCUT2D eigenvalue weighted by atomic mass is 16.6. The van der Waals surface area contributed by atoms with Gasteiger partial charge in [0.2, 0.25) is 0 Å². The minimum Gasteiger partial charge on any atom is -0.449 e. The van der Waals surface area contributed by atoms with Crippen molar-refractivity contribution in [2.75, 3.05) is 44.9 Å². The maximum absolute atomic E-state index is 12.9. The third-order valence-electron chi connectivity index (χ3n) is 5.70. The molecule has 1 aliphatic rings. The molecule has 0 N–H and O–H groups in total. The normalized spacial score (nSPS) is 16.3. The number of hydrogen-bond acceptors (Lipinski definition) is 4. The van der Waals surface area contributed by atoms with Gasteiger partial charge in [-0.25, -0.2) is 4.79 Å². The summed E-state index contributed by atoms with van der Waals surface area (Å²) >= 11 is 0. The molecular weight excluding hydrogens is 364 g/mol. The Bertz CT molecular complexity index is 743. The van der Waals surface area contributed by atoms with Crippen LogP contribution in [-0.2, 0) is 15.9 Å². The summed E-state index contributed by atoms with van der Waals surface area (Å²) in [6.07, 6.45) is 2.44. The van der Waals surface area contributed by atoms with Crippen LogP contribution in [0.1, 0.15) is 25.3 Å². The summed E-state index contributed by atoms with van der Waals surface area (Å²) in [5, 5.41) is 0. The van der Waals surface area contributed by atoms with Crippen LogP contribution < -0.4 is 4.90 Å². The van der Waals surface area contributed by atoms with Crippen LogP contribution in [0.15, 0.2) is 60.7 Å². The summed E-state index contributed by atoms with van der Waals surface area (Å²) in [4.78, 5) is 17.3. The van der Waals surface area contributed by atoms with Crippen LogP contribution in [0, 0.1) is 0 Å². The van der Waals surface area contributed by atoms with Crippen LogP contribution in [-0.4, -0.2) is 56.5 Å². The number of carbonyl (C=O) groups is 1. The van der Waals surface area contributed by atoms with Gasteiger partial charge in [0.1, 0.15) is 0 Å². The molecule has 5 nitrogen and oxygen atoms in total. The molecule has 1 saturated heterocycles. The smallest absolute Gasteiger partial charge is 0.414 e. The second-order valence-corrected chi connectivity index (χ2v) is 7.60. The van der Waals surface area contributed by atoms with E-state index < -0.39 is 5.54 Å². The van der Waals surface area contributed by atoms with Gasteiger partial charge in [-0.05, 0) is 43.9 Å². The van der Waals surface area contributed by atoms with Gasteiger partial charge in [0, 0.05) is 32.4 Å². The molecule has 1 heterocycles. The molecule has 0 aromatic heterocycles. The third-order valence-corrected chi connectivity index (χ3v) is 5.70. The van der Waals surface area contributed by atoms with E-state index in [1.165, 1.54) is 5.56 Å². The van der Waals surface area contributed by atoms with E-state index in [0.29, 0.717) is 13.2 Å². The number of nitrogens with zero attached hydrogens (tertiary/aromatic N) is 2. The Morgan fingerprint density at radius 3 is 2.24 bits per heavy atom. The Balaban J connectivity index is 1.73. The number of carbonyl (C=O) groups excluding carboxylic acids is 1. The van der Waals surface area contributed by atoms with Crippen molar-refractivity contribution in [3.8, 4) is 0 Å². The van der Waals surface area contributed by atoms with Crippen LogP contribution in [0.2, 0.25) is 0 Å². The standard InChI is InChI=1S/C24H32N2O3/c1-3-29-23(27)26(22-12-8-5-9-13-22)24(20-28-2)15-18-25(19-16-24)17-14-21-10-6-4-7-11-21/h4-13H,3,14-20H2,1-2H3. The summed E-state index contributed by atoms with van der Waals surface area (Å²) < 4.78 is 11.0. The van der Waals surface area contributed by atoms with Crippen molar-refractivity contribution in [1.82, 2.24) is 4.90 Å². The summed E-state index contributed by atoms with van der Waals surface area (Å²) in [7, 11) is 1.71. The van der Waals surface area contributed by atoms with Gasteiger partial charge >= 0.3 is 6.09 Å². The minimum absolute atomic E-state index is 0.298. The summed E-state index contributed by atoms with van der Waals surface area (Å²) in [5.41, 5.74) is 1.82. The van der Waals surface area contributed by atoms with E-state index in [1.807, 2.05) is 42.2 Å². The van der Waals surface area contributed by atoms with E-state index in [-0.39, 0.29) is 6.09 Å². The number of benzene rings is 2. The lowest BCUT2D eigenvalue weighted by atomic mass is 9.85. The van der Waals surface area contributed by atoms with E-state index in [4.69, 9.17) is 9.47 Å². The van der Waals surface area contributed by atoms with Crippen LogP contribution in [0.25, 0.3) is 0 Å². The fourth-order valence-corrected chi connectivity index (χ4v) is 4.16. The summed E-state index contributed by atoms with van der Waals surface area (Å²) in [5.74, 6) is 0. The fourth-order valence-electron chi connectivity index (χ4n) is 4.16.